The standard InChI is InChI=1S/C22H33FN4O/c23-20-8-4-5-9-21(20)26-14-16-27(17-15-26)22(28)18-24-10-12-25(13-11-24)19-6-2-1-3-7-19/h4-5,8-9,19H,1-3,6-7,10-18H2. The van der Waals surface area contributed by atoms with E-state index in [1.54, 1.807) is 6.07 Å². The first-order chi connectivity index (χ1) is 13.7. The summed E-state index contributed by atoms with van der Waals surface area (Å²) < 4.78 is 14.0. The largest absolute Gasteiger partial charge is 0.366 e. The molecule has 0 aromatic heterocycles. The molecule has 2 aliphatic heterocycles. The zero-order valence-corrected chi connectivity index (χ0v) is 16.9. The van der Waals surface area contributed by atoms with Gasteiger partial charge < -0.3 is 9.80 Å². The molecular formula is C22H33FN4O. The average Bonchev–Trinajstić information content (AvgIpc) is 2.75. The van der Waals surface area contributed by atoms with Gasteiger partial charge in [-0.25, -0.2) is 4.39 Å². The van der Waals surface area contributed by atoms with Gasteiger partial charge in [0.1, 0.15) is 5.82 Å². The number of hydrogen-bond acceptors (Lipinski definition) is 4. The zero-order valence-electron chi connectivity index (χ0n) is 16.9. The molecule has 1 aromatic rings. The van der Waals surface area contributed by atoms with Gasteiger partial charge in [0.25, 0.3) is 0 Å². The highest BCUT2D eigenvalue weighted by Gasteiger charge is 2.28. The Labute approximate surface area is 168 Å². The van der Waals surface area contributed by atoms with E-state index >= 15 is 0 Å². The van der Waals surface area contributed by atoms with Crippen LogP contribution in [0.3, 0.4) is 0 Å². The lowest BCUT2D eigenvalue weighted by molar-refractivity contribution is -0.133. The molecule has 0 bridgehead atoms. The summed E-state index contributed by atoms with van der Waals surface area (Å²) in [6.45, 7) is 7.46. The van der Waals surface area contributed by atoms with Crippen molar-refractivity contribution in [1.29, 1.82) is 0 Å². The molecule has 3 fully saturated rings. The maximum absolute atomic E-state index is 14.0. The lowest BCUT2D eigenvalue weighted by atomic mass is 9.94. The maximum Gasteiger partial charge on any atom is 0.236 e. The molecule has 0 spiro atoms. The molecule has 0 N–H and O–H groups in total. The van der Waals surface area contributed by atoms with Crippen molar-refractivity contribution in [3.05, 3.63) is 30.1 Å². The number of para-hydroxylation sites is 1. The summed E-state index contributed by atoms with van der Waals surface area (Å²) in [5, 5.41) is 0. The Balaban J connectivity index is 1.20. The number of anilines is 1. The molecule has 4 rings (SSSR count). The van der Waals surface area contributed by atoms with Crippen molar-refractivity contribution in [2.45, 2.75) is 38.1 Å². The van der Waals surface area contributed by atoms with Crippen LogP contribution >= 0.6 is 0 Å². The van der Waals surface area contributed by atoms with Crippen LogP contribution in [-0.4, -0.2) is 85.6 Å². The summed E-state index contributed by atoms with van der Waals surface area (Å²) in [5.41, 5.74) is 0.647. The second kappa shape index (κ2) is 9.23. The molecule has 154 valence electrons. The van der Waals surface area contributed by atoms with E-state index in [9.17, 15) is 9.18 Å². The van der Waals surface area contributed by atoms with Crippen molar-refractivity contribution in [2.75, 3.05) is 63.8 Å². The molecule has 1 aliphatic carbocycles. The van der Waals surface area contributed by atoms with Gasteiger partial charge in [0.05, 0.1) is 12.2 Å². The van der Waals surface area contributed by atoms with Crippen LogP contribution in [0.1, 0.15) is 32.1 Å². The highest BCUT2D eigenvalue weighted by atomic mass is 19.1. The van der Waals surface area contributed by atoms with E-state index in [1.807, 2.05) is 21.9 Å². The van der Waals surface area contributed by atoms with Gasteiger partial charge in [-0.2, -0.15) is 0 Å². The van der Waals surface area contributed by atoms with Gasteiger partial charge in [-0.1, -0.05) is 31.4 Å². The number of hydrogen-bond donors (Lipinski definition) is 0. The molecule has 1 saturated carbocycles. The minimum Gasteiger partial charge on any atom is -0.366 e. The zero-order chi connectivity index (χ0) is 19.3. The Hall–Kier alpha value is -1.66. The Kier molecular flexibility index (Phi) is 6.47. The van der Waals surface area contributed by atoms with Gasteiger partial charge in [0, 0.05) is 58.4 Å². The fourth-order valence-corrected chi connectivity index (χ4v) is 4.93. The van der Waals surface area contributed by atoms with Crippen LogP contribution in [0.25, 0.3) is 0 Å². The van der Waals surface area contributed by atoms with Gasteiger partial charge in [0.15, 0.2) is 0 Å². The van der Waals surface area contributed by atoms with Crippen molar-refractivity contribution in [1.82, 2.24) is 14.7 Å². The van der Waals surface area contributed by atoms with E-state index in [1.165, 1.54) is 38.2 Å². The number of amides is 1. The van der Waals surface area contributed by atoms with E-state index in [4.69, 9.17) is 0 Å². The molecule has 28 heavy (non-hydrogen) atoms. The highest BCUT2D eigenvalue weighted by Crippen LogP contribution is 2.24. The minimum absolute atomic E-state index is 0.182. The topological polar surface area (TPSA) is 30.0 Å². The van der Waals surface area contributed by atoms with Crippen LogP contribution in [0, 0.1) is 5.82 Å². The molecule has 2 saturated heterocycles. The number of rotatable bonds is 4. The lowest BCUT2D eigenvalue weighted by Crippen LogP contribution is -2.55. The van der Waals surface area contributed by atoms with E-state index in [2.05, 4.69) is 9.80 Å². The van der Waals surface area contributed by atoms with Crippen molar-refractivity contribution in [2.24, 2.45) is 0 Å². The summed E-state index contributed by atoms with van der Waals surface area (Å²) in [6.07, 6.45) is 6.86. The molecule has 1 aromatic carbocycles. The quantitative estimate of drug-likeness (QED) is 0.793. The van der Waals surface area contributed by atoms with E-state index in [0.29, 0.717) is 38.4 Å². The van der Waals surface area contributed by atoms with Gasteiger partial charge in [-0.3, -0.25) is 14.6 Å². The monoisotopic (exact) mass is 388 g/mol. The van der Waals surface area contributed by atoms with Gasteiger partial charge in [0.2, 0.25) is 5.91 Å². The van der Waals surface area contributed by atoms with E-state index in [-0.39, 0.29) is 11.7 Å². The fraction of sp³-hybridized carbons (Fsp3) is 0.682. The predicted molar refractivity (Wildman–Crippen MR) is 110 cm³/mol. The Bertz CT molecular complexity index is 648. The van der Waals surface area contributed by atoms with Crippen LogP contribution in [0.15, 0.2) is 24.3 Å². The van der Waals surface area contributed by atoms with Crippen LogP contribution in [0.5, 0.6) is 0 Å². The molecule has 0 unspecified atom stereocenters. The van der Waals surface area contributed by atoms with Crippen molar-refractivity contribution in [3.8, 4) is 0 Å². The van der Waals surface area contributed by atoms with Crippen LogP contribution in [0.2, 0.25) is 0 Å². The second-order valence-corrected chi connectivity index (χ2v) is 8.42. The number of carbonyl (C=O) groups is 1. The summed E-state index contributed by atoms with van der Waals surface area (Å²) in [5.74, 6) is 0.0393. The Morgan fingerprint density at radius 3 is 2.25 bits per heavy atom. The van der Waals surface area contributed by atoms with E-state index < -0.39 is 0 Å². The Morgan fingerprint density at radius 1 is 0.893 bits per heavy atom. The first-order valence-corrected chi connectivity index (χ1v) is 10.9. The smallest absolute Gasteiger partial charge is 0.236 e. The molecule has 0 radical (unpaired) electrons. The van der Waals surface area contributed by atoms with Crippen molar-refractivity contribution < 1.29 is 9.18 Å². The minimum atomic E-state index is -0.182. The third-order valence-electron chi connectivity index (χ3n) is 6.68. The summed E-state index contributed by atoms with van der Waals surface area (Å²) in [6, 6.07) is 7.67. The highest BCUT2D eigenvalue weighted by molar-refractivity contribution is 5.78. The summed E-state index contributed by atoms with van der Waals surface area (Å²) >= 11 is 0. The van der Waals surface area contributed by atoms with E-state index in [0.717, 1.165) is 32.2 Å². The normalized spacial score (nSPS) is 23.2. The molecule has 1 amide bonds. The second-order valence-electron chi connectivity index (χ2n) is 8.42. The lowest BCUT2D eigenvalue weighted by Gasteiger charge is -2.41. The van der Waals surface area contributed by atoms with Crippen molar-refractivity contribution in [3.63, 3.8) is 0 Å². The van der Waals surface area contributed by atoms with Gasteiger partial charge in [-0.15, -0.1) is 0 Å². The number of halogens is 1. The maximum atomic E-state index is 14.0. The summed E-state index contributed by atoms with van der Waals surface area (Å²) in [4.78, 5) is 21.7. The molecule has 2 heterocycles. The van der Waals surface area contributed by atoms with Gasteiger partial charge in [-0.05, 0) is 25.0 Å². The number of carbonyl (C=O) groups excluding carboxylic acids is 1. The first kappa shape index (κ1) is 19.6. The first-order valence-electron chi connectivity index (χ1n) is 10.9. The molecule has 5 nitrogen and oxygen atoms in total. The van der Waals surface area contributed by atoms with Crippen LogP contribution in [0.4, 0.5) is 10.1 Å². The number of benzene rings is 1. The number of piperazine rings is 2. The molecule has 6 heteroatoms. The molecule has 0 atom stereocenters. The number of nitrogens with zero attached hydrogens (tertiary/aromatic N) is 4. The Morgan fingerprint density at radius 2 is 1.57 bits per heavy atom. The van der Waals surface area contributed by atoms with Crippen molar-refractivity contribution >= 4 is 11.6 Å². The SMILES string of the molecule is O=C(CN1CCN(C2CCCCC2)CC1)N1CCN(c2ccccc2F)CC1. The van der Waals surface area contributed by atoms with Crippen LogP contribution < -0.4 is 4.90 Å². The third-order valence-corrected chi connectivity index (χ3v) is 6.68. The third kappa shape index (κ3) is 4.66. The van der Waals surface area contributed by atoms with Crippen LogP contribution in [-0.2, 0) is 4.79 Å². The molecular weight excluding hydrogens is 355 g/mol. The van der Waals surface area contributed by atoms with Gasteiger partial charge >= 0.3 is 0 Å². The summed E-state index contributed by atoms with van der Waals surface area (Å²) in [7, 11) is 0. The predicted octanol–water partition coefficient (Wildman–Crippen LogP) is 2.42. The molecule has 3 aliphatic rings. The fourth-order valence-electron chi connectivity index (χ4n) is 4.93. The average molecular weight is 389 g/mol.